The smallest absolute Gasteiger partial charge is 0.167 e. The number of hydrogen-bond donors (Lipinski definition) is 2. The van der Waals surface area contributed by atoms with Crippen molar-refractivity contribution in [2.75, 3.05) is 11.5 Å². The van der Waals surface area contributed by atoms with Crippen LogP contribution in [-0.2, 0) is 57.7 Å². The summed E-state index contributed by atoms with van der Waals surface area (Å²) in [6.07, 6.45) is 10.3. The Kier molecular flexibility index (Phi) is 23.9. The molecule has 0 saturated heterocycles. The van der Waals surface area contributed by atoms with Gasteiger partial charge in [-0.2, -0.15) is 0 Å². The summed E-state index contributed by atoms with van der Waals surface area (Å²) in [5, 5.41) is 22.5. The van der Waals surface area contributed by atoms with E-state index >= 15 is 0 Å². The molecule has 4 unspecified atom stereocenters. The third kappa shape index (κ3) is 17.9. The molecule has 0 saturated carbocycles. The van der Waals surface area contributed by atoms with Crippen LogP contribution in [0.5, 0.6) is 0 Å². The Hall–Kier alpha value is -4.81. The first kappa shape index (κ1) is 60.7. The molecule has 2 aliphatic rings. The number of thioether (sulfide) groups is 2. The summed E-state index contributed by atoms with van der Waals surface area (Å²) in [6.45, 7) is 24.2. The second-order valence-electron chi connectivity index (χ2n) is 19.3. The fraction of sp³-hybridized carbons (Fsp3) is 0.466. The Bertz CT molecular complexity index is 2560. The van der Waals surface area contributed by atoms with Crippen molar-refractivity contribution < 1.29 is 42.2 Å². The maximum atomic E-state index is 13.2. The van der Waals surface area contributed by atoms with Gasteiger partial charge >= 0.3 is 149 Å². The number of allylic oxidation sites excluding steroid dienone is 4. The van der Waals surface area contributed by atoms with Crippen LogP contribution in [0.25, 0.3) is 5.57 Å². The summed E-state index contributed by atoms with van der Waals surface area (Å²) in [6, 6.07) is 16.4. The zero-order valence-electron chi connectivity index (χ0n) is 45.1. The normalized spacial score (nSPS) is 16.5. The van der Waals surface area contributed by atoms with Crippen molar-refractivity contribution >= 4 is 84.2 Å². The number of carbonyl (C=O) groups excluding carboxylic acids is 5. The van der Waals surface area contributed by atoms with Gasteiger partial charge in [0.1, 0.15) is 5.76 Å². The van der Waals surface area contributed by atoms with Crippen LogP contribution in [-0.4, -0.2) is 83.7 Å². The summed E-state index contributed by atoms with van der Waals surface area (Å²) >= 11 is -1.74. The summed E-state index contributed by atoms with van der Waals surface area (Å²) in [7, 11) is 0. The van der Waals surface area contributed by atoms with E-state index in [2.05, 4.69) is 68.9 Å². The number of aliphatic hydroxyl groups excluding tert-OH is 2. The molecule has 394 valence electrons. The van der Waals surface area contributed by atoms with Crippen LogP contribution >= 0.6 is 23.5 Å². The van der Waals surface area contributed by atoms with Crippen LogP contribution in [0.4, 0.5) is 0 Å². The van der Waals surface area contributed by atoms with Crippen molar-refractivity contribution in [2.24, 2.45) is 23.7 Å². The first-order chi connectivity index (χ1) is 34.5. The van der Waals surface area contributed by atoms with Crippen molar-refractivity contribution in [2.45, 2.75) is 151 Å². The van der Waals surface area contributed by atoms with Crippen molar-refractivity contribution in [3.8, 4) is 0 Å². The van der Waals surface area contributed by atoms with E-state index < -0.39 is 40.4 Å². The fourth-order valence-electron chi connectivity index (χ4n) is 9.20. The molecule has 4 atom stereocenters. The van der Waals surface area contributed by atoms with Crippen molar-refractivity contribution in [3.05, 3.63) is 129 Å². The molecule has 0 amide bonds. The predicted molar refractivity (Wildman–Crippen MR) is 294 cm³/mol. The number of aryl methyl sites for hydroxylation is 8. The van der Waals surface area contributed by atoms with E-state index in [-0.39, 0.29) is 34.9 Å². The van der Waals surface area contributed by atoms with Crippen LogP contribution in [0.2, 0.25) is 0 Å². The molecule has 2 N–H and O–H groups in total. The molecule has 15 heteroatoms. The number of aliphatic hydroxyl groups is 2. The summed E-state index contributed by atoms with van der Waals surface area (Å²) in [4.78, 5) is 68.6. The van der Waals surface area contributed by atoms with Crippen LogP contribution in [0.1, 0.15) is 138 Å². The number of nitrogens with zero attached hydrogens (tertiary/aromatic N) is 2. The zero-order chi connectivity index (χ0) is 54.2. The molecule has 2 aromatic heterocycles. The van der Waals surface area contributed by atoms with E-state index in [0.29, 0.717) is 59.1 Å². The molecular formula is C58H76N2O10PbS2. The summed E-state index contributed by atoms with van der Waals surface area (Å²) in [5.74, 6) is 1.64. The number of benzene rings is 2. The Morgan fingerprint density at radius 2 is 1.03 bits per heavy atom. The van der Waals surface area contributed by atoms with Crippen LogP contribution in [0.3, 0.4) is 0 Å². The zero-order valence-corrected chi connectivity index (χ0v) is 50.6. The van der Waals surface area contributed by atoms with Crippen molar-refractivity contribution in [1.29, 1.82) is 0 Å². The molecule has 73 heavy (non-hydrogen) atoms. The third-order valence-corrected chi connectivity index (χ3v) is 26.7. The van der Waals surface area contributed by atoms with Gasteiger partial charge in [-0.15, -0.1) is 23.5 Å². The molecule has 6 rings (SSSR count). The number of aromatic nitrogens is 2. The van der Waals surface area contributed by atoms with Gasteiger partial charge in [0.15, 0.2) is 11.6 Å². The molecule has 0 radical (unpaired) electrons. The molecule has 0 aliphatic heterocycles. The Balaban J connectivity index is 0.000000244. The minimum absolute atomic E-state index is 0.0408. The largest absolute Gasteiger partial charge is 0.512 e. The van der Waals surface area contributed by atoms with Gasteiger partial charge < -0.3 is 10.2 Å². The Morgan fingerprint density at radius 1 is 0.616 bits per heavy atom. The molecule has 2 aromatic carbocycles. The molecule has 0 bridgehead atoms. The Morgan fingerprint density at radius 3 is 1.38 bits per heavy atom. The topological polar surface area (TPSA) is 179 Å². The predicted octanol–water partition coefficient (Wildman–Crippen LogP) is 12.0. The molecule has 4 aromatic rings. The quantitative estimate of drug-likeness (QED) is 0.0753. The van der Waals surface area contributed by atoms with E-state index in [1.54, 1.807) is 23.5 Å². The maximum Gasteiger partial charge on any atom is 0.167 e. The van der Waals surface area contributed by atoms with Crippen LogP contribution in [0, 0.1) is 51.4 Å². The second kappa shape index (κ2) is 28.7. The SMILES string of the molecule is CCc1cc(C)cc(CC)[c]1[Pb]([O]C(C)=O)([O]C(C)=O)[O]C(C)=O.CCc1cc(C)cc(CC)c1C1=C(O)CC(C(C)CSc2ccc(C)cn2)CC1=O.Cc1ccc(SCC(C)C2CC(=O)C=C(O)C2)nc1. The summed E-state index contributed by atoms with van der Waals surface area (Å²) in [5.41, 5.74) is 10.2. The van der Waals surface area contributed by atoms with Crippen LogP contribution in [0.15, 0.2) is 88.6 Å². The van der Waals surface area contributed by atoms with Gasteiger partial charge in [0.2, 0.25) is 0 Å². The van der Waals surface area contributed by atoms with Gasteiger partial charge in [0.05, 0.1) is 21.4 Å². The first-order valence-electron chi connectivity index (χ1n) is 25.4. The van der Waals surface area contributed by atoms with Crippen molar-refractivity contribution in [1.82, 2.24) is 9.97 Å². The standard InChI is InChI=1S/C26H33NO2S.C15H19NO2S.C11H15.3C2H4O2.Pb/c1-6-19-10-17(4)11-20(7-2)25(19)26-22(28)12-21(13-23(26)29)18(5)15-30-24-9-8-16(3)14-27-24;1-10-3-4-15(16-8-10)19-9-11(2)12-5-13(17)7-14(18)6-12;1-4-10-6-9(3)7-11(5-2)8-10;3*1-2(3)4;/h8-11,14,18,21,28H,6-7,12-13,15H2,1-5H3;3-4,7-8,11-12,17H,5-6,9H2,1-2H3;6-7H,4-5H2,1-3H3;3*1H3,(H,3,4);/q;;;;;;+3/p-3. The summed E-state index contributed by atoms with van der Waals surface area (Å²) < 4.78 is 17.0. The van der Waals surface area contributed by atoms with Gasteiger partial charge in [-0.25, -0.2) is 9.97 Å². The average molecular weight is 1230 g/mol. The minimum atomic E-state index is -5.17. The van der Waals surface area contributed by atoms with E-state index in [9.17, 15) is 34.2 Å². The number of rotatable bonds is 17. The first-order valence-corrected chi connectivity index (χ1v) is 34.0. The number of pyridine rings is 2. The number of carbonyl (C=O) groups is 5. The number of Topliss-reactive ketones (excluding diaryl/α,β-unsaturated/α-hetero) is 1. The van der Waals surface area contributed by atoms with Gasteiger partial charge in [-0.3, -0.25) is 9.59 Å². The molecular weight excluding hydrogens is 1160 g/mol. The Labute approximate surface area is 448 Å². The fourth-order valence-corrected chi connectivity index (χ4v) is 22.3. The molecule has 2 aliphatic carbocycles. The van der Waals surface area contributed by atoms with E-state index in [4.69, 9.17) is 8.06 Å². The number of ketones is 2. The van der Waals surface area contributed by atoms with Gasteiger partial charge in [-0.05, 0) is 97.2 Å². The third-order valence-electron chi connectivity index (χ3n) is 12.9. The van der Waals surface area contributed by atoms with Crippen molar-refractivity contribution in [3.63, 3.8) is 0 Å². The second-order valence-corrected chi connectivity index (χ2v) is 30.0. The molecule has 0 spiro atoms. The molecule has 2 heterocycles. The van der Waals surface area contributed by atoms with Gasteiger partial charge in [-0.1, -0.05) is 57.5 Å². The van der Waals surface area contributed by atoms with E-state index in [0.717, 1.165) is 78.9 Å². The van der Waals surface area contributed by atoms with E-state index in [1.807, 2.05) is 71.3 Å². The average Bonchev–Trinajstić information content (AvgIpc) is 3.32. The van der Waals surface area contributed by atoms with E-state index in [1.165, 1.54) is 32.4 Å². The molecule has 12 nitrogen and oxygen atoms in total. The minimum Gasteiger partial charge on any atom is -0.512 e. The molecule has 0 fully saturated rings. The number of hydrogen-bond acceptors (Lipinski definition) is 14. The monoisotopic (exact) mass is 1230 g/mol. The maximum absolute atomic E-state index is 13.2. The van der Waals surface area contributed by atoms with Gasteiger partial charge in [0.25, 0.3) is 0 Å². The van der Waals surface area contributed by atoms with Crippen LogP contribution < -0.4 is 3.12 Å². The van der Waals surface area contributed by atoms with Gasteiger partial charge in [0, 0.05) is 55.7 Å².